The molecule has 34 heavy (non-hydrogen) atoms. The van der Waals surface area contributed by atoms with Gasteiger partial charge in [-0.05, 0) is 25.5 Å². The van der Waals surface area contributed by atoms with Gasteiger partial charge in [-0.2, -0.15) is 9.13 Å². The van der Waals surface area contributed by atoms with Gasteiger partial charge >= 0.3 is 66.0 Å². The van der Waals surface area contributed by atoms with E-state index in [1.165, 1.54) is 11.4 Å². The van der Waals surface area contributed by atoms with E-state index < -0.39 is 15.6 Å². The monoisotopic (exact) mass is 554 g/mol. The van der Waals surface area contributed by atoms with Crippen LogP contribution in [-0.4, -0.2) is 0 Å². The van der Waals surface area contributed by atoms with Gasteiger partial charge in [-0.15, -0.1) is 0 Å². The molecule has 1 aliphatic carbocycles. The summed E-state index contributed by atoms with van der Waals surface area (Å²) >= 11 is 0. The van der Waals surface area contributed by atoms with Crippen LogP contribution in [0.4, 0.5) is 50.4 Å². The summed E-state index contributed by atoms with van der Waals surface area (Å²) in [6.45, 7) is 4.27. The van der Waals surface area contributed by atoms with Crippen LogP contribution in [0.5, 0.6) is 0 Å². The van der Waals surface area contributed by atoms with E-state index in [-0.39, 0.29) is 0 Å². The molecule has 2 heterocycles. The molecule has 2 aromatic rings. The van der Waals surface area contributed by atoms with Crippen LogP contribution < -0.4 is 9.13 Å². The molecule has 0 radical (unpaired) electrons. The first-order valence-corrected chi connectivity index (χ1v) is 13.2. The Morgan fingerprint density at radius 1 is 0.676 bits per heavy atom. The maximum absolute atomic E-state index is 10.7. The van der Waals surface area contributed by atoms with Gasteiger partial charge in [0.15, 0.2) is 36.2 Å². The molecule has 0 aliphatic heterocycles. The van der Waals surface area contributed by atoms with Gasteiger partial charge in [0.05, 0.1) is 0 Å². The van der Waals surface area contributed by atoms with Crippen LogP contribution in [-0.2, 0) is 0 Å². The molecule has 0 fully saturated rings. The maximum atomic E-state index is 9.87. The summed E-state index contributed by atoms with van der Waals surface area (Å²) in [5, 5.41) is 0. The summed E-state index contributed by atoms with van der Waals surface area (Å²) < 4.78 is 123. The third-order valence-electron chi connectivity index (χ3n) is 3.95. The Morgan fingerprint density at radius 2 is 1.06 bits per heavy atom. The predicted octanol–water partition coefficient (Wildman–Crippen LogP) is 9.84. The molecule has 0 saturated carbocycles. The molecule has 0 spiro atoms. The standard InChI is InChI=1S/C18H20N2.2F6P/c1-16(19-12-4-2-5-13-19)17-8-10-18(11-9-17)20-14-6-3-7-15-20;2*1-7(2,3,4,5)6/h2-7,10,12-15,17H,1,8-9,11H2;;/q+2;2*-1. The van der Waals surface area contributed by atoms with Crippen LogP contribution >= 0.6 is 15.6 Å². The van der Waals surface area contributed by atoms with Crippen molar-refractivity contribution < 1.29 is 59.5 Å². The van der Waals surface area contributed by atoms with E-state index in [0.29, 0.717) is 5.92 Å². The van der Waals surface area contributed by atoms with E-state index in [2.05, 4.69) is 76.9 Å². The minimum atomic E-state index is -10.7. The summed E-state index contributed by atoms with van der Waals surface area (Å²) in [4.78, 5) is 0. The van der Waals surface area contributed by atoms with Crippen molar-refractivity contribution in [2.75, 3.05) is 0 Å². The van der Waals surface area contributed by atoms with E-state index in [1.807, 2.05) is 6.07 Å². The van der Waals surface area contributed by atoms with E-state index in [0.717, 1.165) is 19.3 Å². The van der Waals surface area contributed by atoms with Crippen LogP contribution in [0.3, 0.4) is 0 Å². The van der Waals surface area contributed by atoms with E-state index in [4.69, 9.17) is 0 Å². The Balaban J connectivity index is 0.000000343. The second-order valence-corrected chi connectivity index (χ2v) is 11.0. The molecule has 0 bridgehead atoms. The van der Waals surface area contributed by atoms with Gasteiger partial charge in [0.25, 0.3) is 0 Å². The zero-order valence-electron chi connectivity index (χ0n) is 17.1. The molecule has 16 heteroatoms. The third kappa shape index (κ3) is 19.3. The van der Waals surface area contributed by atoms with E-state index in [9.17, 15) is 50.4 Å². The Labute approximate surface area is 186 Å². The Kier molecular flexibility index (Phi) is 7.44. The number of aromatic nitrogens is 2. The van der Waals surface area contributed by atoms with Gasteiger partial charge in [0.2, 0.25) is 0 Å². The molecule has 0 saturated heterocycles. The van der Waals surface area contributed by atoms with Crippen molar-refractivity contribution in [3.05, 3.63) is 73.8 Å². The normalized spacial score (nSPS) is 20.4. The fraction of sp³-hybridized carbons (Fsp3) is 0.222. The average molecular weight is 554 g/mol. The predicted molar refractivity (Wildman–Crippen MR) is 107 cm³/mol. The molecule has 2 nitrogen and oxygen atoms in total. The molecule has 1 atom stereocenters. The van der Waals surface area contributed by atoms with Gasteiger partial charge in [-0.25, -0.2) is 0 Å². The fourth-order valence-electron chi connectivity index (χ4n) is 2.75. The summed E-state index contributed by atoms with van der Waals surface area (Å²) in [6.07, 6.45) is 14.1. The number of rotatable bonds is 3. The fourth-order valence-corrected chi connectivity index (χ4v) is 2.75. The van der Waals surface area contributed by atoms with Gasteiger partial charge in [-0.1, -0.05) is 12.1 Å². The molecule has 1 aliphatic rings. The second-order valence-electron chi connectivity index (χ2n) is 7.14. The van der Waals surface area contributed by atoms with Gasteiger partial charge in [0.1, 0.15) is 0 Å². The van der Waals surface area contributed by atoms with Crippen molar-refractivity contribution >= 4 is 27.0 Å². The van der Waals surface area contributed by atoms with Crippen LogP contribution in [0, 0.1) is 5.92 Å². The zero-order valence-corrected chi connectivity index (χ0v) is 18.9. The van der Waals surface area contributed by atoms with Gasteiger partial charge < -0.3 is 0 Å². The summed E-state index contributed by atoms with van der Waals surface area (Å²) in [7, 11) is -21.3. The Morgan fingerprint density at radius 3 is 1.41 bits per heavy atom. The van der Waals surface area contributed by atoms with Gasteiger partial charge in [0, 0.05) is 36.6 Å². The van der Waals surface area contributed by atoms with E-state index in [1.54, 1.807) is 0 Å². The summed E-state index contributed by atoms with van der Waals surface area (Å²) in [5.74, 6) is 0.537. The van der Waals surface area contributed by atoms with Crippen molar-refractivity contribution in [1.29, 1.82) is 0 Å². The minimum absolute atomic E-state index is 0.537. The first kappa shape index (κ1) is 29.8. The first-order chi connectivity index (χ1) is 14.7. The number of pyridine rings is 2. The number of halogens is 12. The molecule has 1 unspecified atom stereocenters. The second kappa shape index (κ2) is 8.48. The summed E-state index contributed by atoms with van der Waals surface area (Å²) in [5.41, 5.74) is 2.59. The van der Waals surface area contributed by atoms with E-state index >= 15 is 0 Å². The number of hydrogen-bond donors (Lipinski definition) is 0. The van der Waals surface area contributed by atoms with Crippen molar-refractivity contribution in [1.82, 2.24) is 0 Å². The molecule has 3 rings (SSSR count). The van der Waals surface area contributed by atoms with Crippen molar-refractivity contribution in [2.45, 2.75) is 19.3 Å². The molecular formula is C18H20F12N2P2. The molecule has 0 aromatic carbocycles. The van der Waals surface area contributed by atoms with Crippen molar-refractivity contribution in [2.24, 2.45) is 5.92 Å². The third-order valence-corrected chi connectivity index (χ3v) is 3.95. The van der Waals surface area contributed by atoms with Crippen molar-refractivity contribution in [3.63, 3.8) is 0 Å². The molecule has 0 amide bonds. The Bertz CT molecular complexity index is 965. The molecule has 0 N–H and O–H groups in total. The van der Waals surface area contributed by atoms with Crippen molar-refractivity contribution in [3.8, 4) is 0 Å². The SMILES string of the molecule is C=C(C1CC=C([n+]2ccccc2)CC1)[n+]1ccccc1.F[P-](F)(F)(F)(F)F.F[P-](F)(F)(F)(F)F. The average Bonchev–Trinajstić information content (AvgIpc) is 2.64. The van der Waals surface area contributed by atoms with Gasteiger partial charge in [-0.3, -0.25) is 0 Å². The quantitative estimate of drug-likeness (QED) is 0.203. The first-order valence-electron chi connectivity index (χ1n) is 9.18. The molecule has 196 valence electrons. The number of nitrogens with zero attached hydrogens (tertiary/aromatic N) is 2. The van der Waals surface area contributed by atoms with Crippen LogP contribution in [0.2, 0.25) is 0 Å². The van der Waals surface area contributed by atoms with Crippen LogP contribution in [0.15, 0.2) is 73.8 Å². The molecular weight excluding hydrogens is 534 g/mol. The number of allylic oxidation sites excluding steroid dienone is 3. The summed E-state index contributed by atoms with van der Waals surface area (Å²) in [6, 6.07) is 12.3. The number of hydrogen-bond acceptors (Lipinski definition) is 0. The molecule has 2 aromatic heterocycles. The van der Waals surface area contributed by atoms with Crippen LogP contribution in [0.1, 0.15) is 19.3 Å². The Hall–Kier alpha value is -2.20. The zero-order chi connectivity index (χ0) is 26.6. The topological polar surface area (TPSA) is 7.76 Å². The van der Waals surface area contributed by atoms with Crippen LogP contribution in [0.25, 0.3) is 11.4 Å².